The summed E-state index contributed by atoms with van der Waals surface area (Å²) >= 11 is 0. The first-order valence-corrected chi connectivity index (χ1v) is 4.92. The maximum absolute atomic E-state index is 10.6. The average Bonchev–Trinajstić information content (AvgIpc) is 2.78. The average molecular weight is 233 g/mol. The monoisotopic (exact) mass is 233 g/mol. The highest BCUT2D eigenvalue weighted by Gasteiger charge is 2.14. The lowest BCUT2D eigenvalue weighted by Crippen LogP contribution is -2.08. The van der Waals surface area contributed by atoms with Gasteiger partial charge in [0.05, 0.1) is 0 Å². The van der Waals surface area contributed by atoms with Gasteiger partial charge in [0.25, 0.3) is 11.7 Å². The van der Waals surface area contributed by atoms with Gasteiger partial charge in [-0.1, -0.05) is 6.07 Å². The molecule has 0 bridgehead atoms. The summed E-state index contributed by atoms with van der Waals surface area (Å²) in [6.07, 6.45) is 0. The molecule has 0 radical (unpaired) electrons. The van der Waals surface area contributed by atoms with E-state index in [4.69, 9.17) is 9.63 Å². The lowest BCUT2D eigenvalue weighted by Gasteiger charge is -2.12. The number of benzene rings is 1. The second-order valence-corrected chi connectivity index (χ2v) is 3.67. The molecule has 2 rings (SSSR count). The highest BCUT2D eigenvalue weighted by molar-refractivity contribution is 5.83. The molecule has 17 heavy (non-hydrogen) atoms. The Morgan fingerprint density at radius 1 is 1.41 bits per heavy atom. The molecule has 6 nitrogen and oxygen atoms in total. The van der Waals surface area contributed by atoms with Gasteiger partial charge in [0.2, 0.25) is 0 Å². The van der Waals surface area contributed by atoms with Crippen molar-refractivity contribution < 1.29 is 14.4 Å². The van der Waals surface area contributed by atoms with Crippen LogP contribution in [0.5, 0.6) is 0 Å². The smallest absolute Gasteiger partial charge is 0.377 e. The fourth-order valence-electron chi connectivity index (χ4n) is 1.34. The molecule has 0 fully saturated rings. The predicted octanol–water partition coefficient (Wildman–Crippen LogP) is 1.50. The van der Waals surface area contributed by atoms with Gasteiger partial charge in [-0.3, -0.25) is 0 Å². The third-order valence-electron chi connectivity index (χ3n) is 2.23. The Labute approximate surface area is 97.5 Å². The van der Waals surface area contributed by atoms with Crippen LogP contribution < -0.4 is 4.90 Å². The number of rotatable bonds is 3. The summed E-state index contributed by atoms with van der Waals surface area (Å²) in [5.74, 6) is -1.34. The van der Waals surface area contributed by atoms with Gasteiger partial charge < -0.3 is 14.5 Å². The van der Waals surface area contributed by atoms with Crippen molar-refractivity contribution in [1.82, 2.24) is 10.1 Å². The largest absolute Gasteiger partial charge is 0.475 e. The minimum absolute atomic E-state index is 0.200. The fraction of sp³-hybridized carbons (Fsp3) is 0.182. The Hall–Kier alpha value is -2.37. The van der Waals surface area contributed by atoms with Crippen molar-refractivity contribution >= 4 is 11.7 Å². The van der Waals surface area contributed by atoms with Crippen molar-refractivity contribution in [1.29, 1.82) is 0 Å². The number of aromatic nitrogens is 2. The van der Waals surface area contributed by atoms with E-state index >= 15 is 0 Å². The highest BCUT2D eigenvalue weighted by atomic mass is 16.5. The molecule has 0 aliphatic rings. The summed E-state index contributed by atoms with van der Waals surface area (Å²) in [6.45, 7) is 0. The van der Waals surface area contributed by atoms with Crippen LogP contribution in [-0.4, -0.2) is 35.3 Å². The standard InChI is InChI=1S/C11H11N3O3/c1-14(2)8-5-3-4-7(6-8)10-12-9(11(15)16)13-17-10/h3-6H,1-2H3,(H,15,16). The molecular weight excluding hydrogens is 222 g/mol. The van der Waals surface area contributed by atoms with Crippen LogP contribution in [0, 0.1) is 0 Å². The SMILES string of the molecule is CN(C)c1cccc(-c2nc(C(=O)O)no2)c1. The van der Waals surface area contributed by atoms with Gasteiger partial charge in [-0.25, -0.2) is 4.79 Å². The van der Waals surface area contributed by atoms with Gasteiger partial charge in [-0.2, -0.15) is 4.98 Å². The summed E-state index contributed by atoms with van der Waals surface area (Å²) in [5, 5.41) is 12.1. The third-order valence-corrected chi connectivity index (χ3v) is 2.23. The van der Waals surface area contributed by atoms with E-state index in [1.165, 1.54) is 0 Å². The molecule has 0 spiro atoms. The van der Waals surface area contributed by atoms with Gasteiger partial charge in [0, 0.05) is 25.3 Å². The highest BCUT2D eigenvalue weighted by Crippen LogP contribution is 2.22. The van der Waals surface area contributed by atoms with Gasteiger partial charge >= 0.3 is 5.97 Å². The molecule has 88 valence electrons. The molecule has 1 heterocycles. The summed E-state index contributed by atoms with van der Waals surface area (Å²) in [6, 6.07) is 7.40. The Morgan fingerprint density at radius 3 is 2.76 bits per heavy atom. The molecule has 2 aromatic rings. The number of carbonyl (C=O) groups is 1. The molecular formula is C11H11N3O3. The van der Waals surface area contributed by atoms with Crippen LogP contribution in [0.3, 0.4) is 0 Å². The summed E-state index contributed by atoms with van der Waals surface area (Å²) in [4.78, 5) is 16.3. The molecule has 0 amide bonds. The van der Waals surface area contributed by atoms with E-state index in [0.717, 1.165) is 5.69 Å². The number of carboxylic acid groups (broad SMARTS) is 1. The predicted molar refractivity (Wildman–Crippen MR) is 61.0 cm³/mol. The first kappa shape index (κ1) is 11.1. The molecule has 0 aliphatic carbocycles. The maximum Gasteiger partial charge on any atom is 0.377 e. The van der Waals surface area contributed by atoms with Gasteiger partial charge in [0.1, 0.15) is 0 Å². The Morgan fingerprint density at radius 2 is 2.18 bits per heavy atom. The summed E-state index contributed by atoms with van der Waals surface area (Å²) < 4.78 is 4.89. The van der Waals surface area contributed by atoms with Crippen LogP contribution >= 0.6 is 0 Å². The minimum atomic E-state index is -1.20. The van der Waals surface area contributed by atoms with Crippen molar-refractivity contribution in [3.63, 3.8) is 0 Å². The van der Waals surface area contributed by atoms with E-state index < -0.39 is 5.97 Å². The maximum atomic E-state index is 10.6. The molecule has 6 heteroatoms. The van der Waals surface area contributed by atoms with Crippen LogP contribution in [0.25, 0.3) is 11.5 Å². The zero-order valence-electron chi connectivity index (χ0n) is 9.41. The van der Waals surface area contributed by atoms with Crippen LogP contribution in [0.2, 0.25) is 0 Å². The van der Waals surface area contributed by atoms with Gasteiger partial charge in [-0.05, 0) is 23.4 Å². The van der Waals surface area contributed by atoms with Crippen LogP contribution in [0.1, 0.15) is 10.6 Å². The number of nitrogens with zero attached hydrogens (tertiary/aromatic N) is 3. The van der Waals surface area contributed by atoms with Crippen molar-refractivity contribution in [2.24, 2.45) is 0 Å². The molecule has 0 unspecified atom stereocenters. The number of hydrogen-bond acceptors (Lipinski definition) is 5. The molecule has 1 aromatic carbocycles. The number of anilines is 1. The van der Waals surface area contributed by atoms with Crippen LogP contribution in [-0.2, 0) is 0 Å². The van der Waals surface area contributed by atoms with Crippen LogP contribution in [0.4, 0.5) is 5.69 Å². The van der Waals surface area contributed by atoms with Crippen LogP contribution in [0.15, 0.2) is 28.8 Å². The Bertz CT molecular complexity index is 548. The van der Waals surface area contributed by atoms with Crippen molar-refractivity contribution in [2.75, 3.05) is 19.0 Å². The zero-order chi connectivity index (χ0) is 12.4. The molecule has 1 aromatic heterocycles. The van der Waals surface area contributed by atoms with Gasteiger partial charge in [-0.15, -0.1) is 0 Å². The van der Waals surface area contributed by atoms with Gasteiger partial charge in [0.15, 0.2) is 0 Å². The van der Waals surface area contributed by atoms with E-state index in [1.807, 2.05) is 37.2 Å². The second-order valence-electron chi connectivity index (χ2n) is 3.67. The normalized spacial score (nSPS) is 10.2. The lowest BCUT2D eigenvalue weighted by molar-refractivity contribution is 0.0680. The lowest BCUT2D eigenvalue weighted by atomic mass is 10.2. The molecule has 0 aliphatic heterocycles. The van der Waals surface area contributed by atoms with E-state index in [0.29, 0.717) is 5.56 Å². The van der Waals surface area contributed by atoms with E-state index in [-0.39, 0.29) is 11.7 Å². The quantitative estimate of drug-likeness (QED) is 0.865. The second kappa shape index (κ2) is 4.25. The summed E-state index contributed by atoms with van der Waals surface area (Å²) in [7, 11) is 3.82. The number of carboxylic acids is 1. The number of aromatic carboxylic acids is 1. The summed E-state index contributed by atoms with van der Waals surface area (Å²) in [5.41, 5.74) is 1.66. The topological polar surface area (TPSA) is 79.5 Å². The van der Waals surface area contributed by atoms with Crippen molar-refractivity contribution in [2.45, 2.75) is 0 Å². The van der Waals surface area contributed by atoms with E-state index in [9.17, 15) is 4.79 Å². The van der Waals surface area contributed by atoms with Crippen molar-refractivity contribution in [3.8, 4) is 11.5 Å². The third kappa shape index (κ3) is 2.25. The molecule has 0 saturated heterocycles. The van der Waals surface area contributed by atoms with E-state index in [2.05, 4.69) is 10.1 Å². The van der Waals surface area contributed by atoms with Crippen molar-refractivity contribution in [3.05, 3.63) is 30.1 Å². The number of hydrogen-bond donors (Lipinski definition) is 1. The fourth-order valence-corrected chi connectivity index (χ4v) is 1.34. The Kier molecular flexibility index (Phi) is 2.78. The first-order valence-electron chi connectivity index (χ1n) is 4.92. The zero-order valence-corrected chi connectivity index (χ0v) is 9.41. The molecule has 1 N–H and O–H groups in total. The first-order chi connectivity index (χ1) is 8.08. The molecule has 0 atom stereocenters. The Balaban J connectivity index is 2.38. The molecule has 0 saturated carbocycles. The minimum Gasteiger partial charge on any atom is -0.475 e. The van der Waals surface area contributed by atoms with E-state index in [1.54, 1.807) is 6.07 Å².